The zero-order chi connectivity index (χ0) is 16.1. The van der Waals surface area contributed by atoms with E-state index < -0.39 is 0 Å². The van der Waals surface area contributed by atoms with Crippen molar-refractivity contribution in [2.75, 3.05) is 11.9 Å². The summed E-state index contributed by atoms with van der Waals surface area (Å²) in [6, 6.07) is 7.95. The van der Waals surface area contributed by atoms with Crippen LogP contribution in [0.3, 0.4) is 0 Å². The van der Waals surface area contributed by atoms with Crippen LogP contribution in [-0.2, 0) is 4.79 Å². The molecule has 22 heavy (non-hydrogen) atoms. The summed E-state index contributed by atoms with van der Waals surface area (Å²) in [7, 11) is 0. The smallest absolute Gasteiger partial charge is 0.254 e. The van der Waals surface area contributed by atoms with Crippen LogP contribution in [0.1, 0.15) is 24.2 Å². The average Bonchev–Trinajstić information content (AvgIpc) is 2.97. The SMILES string of the molecule is CC(C)N(CC(=O)Nc1ccon1)C(=O)c1ccc(Cl)cc1. The molecule has 116 valence electrons. The first-order chi connectivity index (χ1) is 10.5. The fourth-order valence-electron chi connectivity index (χ4n) is 1.86. The maximum absolute atomic E-state index is 12.5. The number of halogens is 1. The monoisotopic (exact) mass is 321 g/mol. The van der Waals surface area contributed by atoms with E-state index in [9.17, 15) is 9.59 Å². The quantitative estimate of drug-likeness (QED) is 0.918. The first kappa shape index (κ1) is 16.0. The van der Waals surface area contributed by atoms with Crippen LogP contribution >= 0.6 is 11.6 Å². The molecule has 6 nitrogen and oxygen atoms in total. The Labute approximate surface area is 133 Å². The van der Waals surface area contributed by atoms with Crippen LogP contribution < -0.4 is 5.32 Å². The highest BCUT2D eigenvalue weighted by Gasteiger charge is 2.21. The molecule has 1 aromatic carbocycles. The van der Waals surface area contributed by atoms with E-state index in [1.54, 1.807) is 24.3 Å². The van der Waals surface area contributed by atoms with E-state index in [1.807, 2.05) is 13.8 Å². The lowest BCUT2D eigenvalue weighted by atomic mass is 10.1. The largest absolute Gasteiger partial charge is 0.363 e. The molecule has 0 fully saturated rings. The number of hydrogen-bond acceptors (Lipinski definition) is 4. The molecule has 2 amide bonds. The molecule has 0 aliphatic heterocycles. The molecule has 0 spiro atoms. The zero-order valence-corrected chi connectivity index (χ0v) is 13.0. The number of benzene rings is 1. The average molecular weight is 322 g/mol. The first-order valence-electron chi connectivity index (χ1n) is 6.74. The van der Waals surface area contributed by atoms with Crippen molar-refractivity contribution in [2.24, 2.45) is 0 Å². The summed E-state index contributed by atoms with van der Waals surface area (Å²) in [6.07, 6.45) is 1.36. The molecule has 0 aliphatic carbocycles. The van der Waals surface area contributed by atoms with Gasteiger partial charge in [-0.15, -0.1) is 0 Å². The van der Waals surface area contributed by atoms with Crippen LogP contribution in [0.2, 0.25) is 5.02 Å². The molecule has 0 atom stereocenters. The lowest BCUT2D eigenvalue weighted by Crippen LogP contribution is -2.42. The topological polar surface area (TPSA) is 75.4 Å². The van der Waals surface area contributed by atoms with Gasteiger partial charge in [0.15, 0.2) is 5.82 Å². The molecule has 0 unspecified atom stereocenters. The Hall–Kier alpha value is -2.34. The highest BCUT2D eigenvalue weighted by atomic mass is 35.5. The molecule has 0 radical (unpaired) electrons. The molecule has 0 saturated heterocycles. The van der Waals surface area contributed by atoms with Crippen LogP contribution in [0.15, 0.2) is 41.1 Å². The lowest BCUT2D eigenvalue weighted by Gasteiger charge is -2.26. The lowest BCUT2D eigenvalue weighted by molar-refractivity contribution is -0.117. The van der Waals surface area contributed by atoms with Gasteiger partial charge in [0.25, 0.3) is 5.91 Å². The number of rotatable bonds is 5. The second-order valence-corrected chi connectivity index (χ2v) is 5.40. The predicted molar refractivity (Wildman–Crippen MR) is 82.8 cm³/mol. The van der Waals surface area contributed by atoms with Crippen LogP contribution in [0.25, 0.3) is 0 Å². The van der Waals surface area contributed by atoms with Gasteiger partial charge in [0.1, 0.15) is 12.8 Å². The predicted octanol–water partition coefficient (Wildman–Crippen LogP) is 2.82. The van der Waals surface area contributed by atoms with Gasteiger partial charge in [-0.2, -0.15) is 0 Å². The number of nitrogens with zero attached hydrogens (tertiary/aromatic N) is 2. The highest BCUT2D eigenvalue weighted by molar-refractivity contribution is 6.30. The van der Waals surface area contributed by atoms with Gasteiger partial charge in [0.05, 0.1) is 0 Å². The zero-order valence-electron chi connectivity index (χ0n) is 12.2. The van der Waals surface area contributed by atoms with Crippen molar-refractivity contribution in [1.29, 1.82) is 0 Å². The van der Waals surface area contributed by atoms with Gasteiger partial charge in [0.2, 0.25) is 5.91 Å². The van der Waals surface area contributed by atoms with E-state index >= 15 is 0 Å². The summed E-state index contributed by atoms with van der Waals surface area (Å²) < 4.78 is 4.64. The van der Waals surface area contributed by atoms with E-state index in [0.717, 1.165) is 0 Å². The van der Waals surface area contributed by atoms with Crippen molar-refractivity contribution in [1.82, 2.24) is 10.1 Å². The van der Waals surface area contributed by atoms with Crippen molar-refractivity contribution in [3.05, 3.63) is 47.2 Å². The molecule has 2 aromatic rings. The van der Waals surface area contributed by atoms with Gasteiger partial charge >= 0.3 is 0 Å². The third-order valence-electron chi connectivity index (χ3n) is 2.99. The number of carbonyl (C=O) groups excluding carboxylic acids is 2. The second-order valence-electron chi connectivity index (χ2n) is 4.97. The fraction of sp³-hybridized carbons (Fsp3) is 0.267. The van der Waals surface area contributed by atoms with Gasteiger partial charge in [-0.25, -0.2) is 0 Å². The molecular formula is C15H16ClN3O3. The molecule has 0 bridgehead atoms. The van der Waals surface area contributed by atoms with Gasteiger partial charge in [-0.3, -0.25) is 9.59 Å². The molecule has 1 aromatic heterocycles. The Balaban J connectivity index is 2.07. The molecule has 0 saturated carbocycles. The minimum atomic E-state index is -0.343. The highest BCUT2D eigenvalue weighted by Crippen LogP contribution is 2.13. The molecular weight excluding hydrogens is 306 g/mol. The molecule has 1 N–H and O–H groups in total. The van der Waals surface area contributed by atoms with Crippen LogP contribution in [0, 0.1) is 0 Å². The second kappa shape index (κ2) is 7.09. The van der Waals surface area contributed by atoms with E-state index in [2.05, 4.69) is 15.0 Å². The Morgan fingerprint density at radius 3 is 2.50 bits per heavy atom. The number of aromatic nitrogens is 1. The summed E-state index contributed by atoms with van der Waals surface area (Å²) in [4.78, 5) is 26.0. The van der Waals surface area contributed by atoms with E-state index in [0.29, 0.717) is 16.4 Å². The minimum Gasteiger partial charge on any atom is -0.363 e. The number of amides is 2. The third kappa shape index (κ3) is 4.08. The number of carbonyl (C=O) groups is 2. The molecule has 1 heterocycles. The van der Waals surface area contributed by atoms with Gasteiger partial charge in [-0.05, 0) is 38.1 Å². The summed E-state index contributed by atoms with van der Waals surface area (Å²) in [5, 5.41) is 6.71. The Bertz CT molecular complexity index is 639. The van der Waals surface area contributed by atoms with Gasteiger partial charge in [0, 0.05) is 22.7 Å². The van der Waals surface area contributed by atoms with Gasteiger partial charge < -0.3 is 14.7 Å². The number of nitrogens with one attached hydrogen (secondary N) is 1. The van der Waals surface area contributed by atoms with Gasteiger partial charge in [-0.1, -0.05) is 16.8 Å². The number of anilines is 1. The van der Waals surface area contributed by atoms with E-state index in [1.165, 1.54) is 17.2 Å². The fourth-order valence-corrected chi connectivity index (χ4v) is 1.99. The molecule has 7 heteroatoms. The van der Waals surface area contributed by atoms with E-state index in [4.69, 9.17) is 11.6 Å². The van der Waals surface area contributed by atoms with Crippen LogP contribution in [0.5, 0.6) is 0 Å². The van der Waals surface area contributed by atoms with Crippen molar-refractivity contribution in [3.63, 3.8) is 0 Å². The maximum Gasteiger partial charge on any atom is 0.254 e. The summed E-state index contributed by atoms with van der Waals surface area (Å²) in [5.41, 5.74) is 0.479. The summed E-state index contributed by atoms with van der Waals surface area (Å²) in [5.74, 6) is -0.264. The Morgan fingerprint density at radius 2 is 1.95 bits per heavy atom. The van der Waals surface area contributed by atoms with Crippen molar-refractivity contribution >= 4 is 29.2 Å². The Kier molecular flexibility index (Phi) is 5.16. The van der Waals surface area contributed by atoms with Crippen molar-refractivity contribution in [2.45, 2.75) is 19.9 Å². The van der Waals surface area contributed by atoms with Crippen molar-refractivity contribution in [3.8, 4) is 0 Å². The minimum absolute atomic E-state index is 0.0774. The third-order valence-corrected chi connectivity index (χ3v) is 3.25. The molecule has 2 rings (SSSR count). The van der Waals surface area contributed by atoms with Crippen LogP contribution in [0.4, 0.5) is 5.82 Å². The van der Waals surface area contributed by atoms with Crippen molar-refractivity contribution < 1.29 is 14.1 Å². The summed E-state index contributed by atoms with van der Waals surface area (Å²) in [6.45, 7) is 3.61. The molecule has 0 aliphatic rings. The van der Waals surface area contributed by atoms with E-state index in [-0.39, 0.29) is 24.4 Å². The normalized spacial score (nSPS) is 10.5. The Morgan fingerprint density at radius 1 is 1.27 bits per heavy atom. The standard InChI is InChI=1S/C15H16ClN3O3/c1-10(2)19(9-14(20)17-13-7-8-22-18-13)15(21)11-3-5-12(16)6-4-11/h3-8,10H,9H2,1-2H3,(H,17,18,20). The number of hydrogen-bond donors (Lipinski definition) is 1. The summed E-state index contributed by atoms with van der Waals surface area (Å²) >= 11 is 5.82. The van der Waals surface area contributed by atoms with Crippen LogP contribution in [-0.4, -0.2) is 34.5 Å². The first-order valence-corrected chi connectivity index (χ1v) is 7.12. The maximum atomic E-state index is 12.5.